The Balaban J connectivity index is 1.91. The smallest absolute Gasteiger partial charge is 0.122 e. The predicted octanol–water partition coefficient (Wildman–Crippen LogP) is 1.67. The van der Waals surface area contributed by atoms with Gasteiger partial charge in [-0.3, -0.25) is 4.98 Å². The van der Waals surface area contributed by atoms with Crippen LogP contribution in [-0.4, -0.2) is 31.3 Å². The number of hydrogen-bond acceptors (Lipinski definition) is 4. The standard InChI is InChI=1S/C13H20N2O2/c1-10-6-13(16-2)7-11(15-10)9-17-12-4-3-5-14-8-12/h6-7,12,14H,3-5,8-9H2,1-2H3. The number of nitrogens with one attached hydrogen (secondary N) is 1. The van der Waals surface area contributed by atoms with Crippen LogP contribution < -0.4 is 10.1 Å². The number of nitrogens with zero attached hydrogens (tertiary/aromatic N) is 1. The van der Waals surface area contributed by atoms with Gasteiger partial charge in [-0.2, -0.15) is 0 Å². The van der Waals surface area contributed by atoms with Crippen molar-refractivity contribution in [1.82, 2.24) is 10.3 Å². The molecule has 1 aliphatic rings. The highest BCUT2D eigenvalue weighted by Gasteiger charge is 2.13. The van der Waals surface area contributed by atoms with E-state index < -0.39 is 0 Å². The Bertz CT molecular complexity index is 362. The summed E-state index contributed by atoms with van der Waals surface area (Å²) >= 11 is 0. The second-order valence-electron chi connectivity index (χ2n) is 4.42. The lowest BCUT2D eigenvalue weighted by Gasteiger charge is -2.23. The Morgan fingerprint density at radius 3 is 3.06 bits per heavy atom. The van der Waals surface area contributed by atoms with Crippen LogP contribution in [0, 0.1) is 6.92 Å². The molecule has 1 aromatic heterocycles. The fourth-order valence-electron chi connectivity index (χ4n) is 2.06. The van der Waals surface area contributed by atoms with Crippen LogP contribution in [0.4, 0.5) is 0 Å². The number of pyridine rings is 1. The zero-order valence-electron chi connectivity index (χ0n) is 10.5. The van der Waals surface area contributed by atoms with E-state index in [1.54, 1.807) is 7.11 Å². The Hall–Kier alpha value is -1.13. The van der Waals surface area contributed by atoms with E-state index >= 15 is 0 Å². The van der Waals surface area contributed by atoms with E-state index in [-0.39, 0.29) is 0 Å². The summed E-state index contributed by atoms with van der Waals surface area (Å²) in [6, 6.07) is 3.86. The molecule has 1 fully saturated rings. The number of aryl methyl sites for hydroxylation is 1. The van der Waals surface area contributed by atoms with Crippen LogP contribution in [0.5, 0.6) is 5.75 Å². The molecule has 1 N–H and O–H groups in total. The molecule has 1 unspecified atom stereocenters. The molecule has 1 saturated heterocycles. The van der Waals surface area contributed by atoms with Crippen molar-refractivity contribution < 1.29 is 9.47 Å². The highest BCUT2D eigenvalue weighted by Crippen LogP contribution is 2.15. The first-order valence-electron chi connectivity index (χ1n) is 6.12. The molecule has 0 bridgehead atoms. The van der Waals surface area contributed by atoms with E-state index in [9.17, 15) is 0 Å². The molecule has 4 nitrogen and oxygen atoms in total. The SMILES string of the molecule is COc1cc(C)nc(COC2CCCNC2)c1. The van der Waals surface area contributed by atoms with Crippen molar-refractivity contribution in [2.24, 2.45) is 0 Å². The molecule has 0 aromatic carbocycles. The molecule has 1 atom stereocenters. The molecule has 94 valence electrons. The summed E-state index contributed by atoms with van der Waals surface area (Å²) in [5.41, 5.74) is 1.90. The van der Waals surface area contributed by atoms with Crippen LogP contribution in [0.2, 0.25) is 0 Å². The third kappa shape index (κ3) is 3.68. The third-order valence-electron chi connectivity index (χ3n) is 2.93. The predicted molar refractivity (Wildman–Crippen MR) is 66.2 cm³/mol. The van der Waals surface area contributed by atoms with Crippen molar-refractivity contribution in [3.05, 3.63) is 23.5 Å². The molecule has 0 radical (unpaired) electrons. The maximum absolute atomic E-state index is 5.84. The zero-order valence-corrected chi connectivity index (χ0v) is 10.5. The van der Waals surface area contributed by atoms with E-state index in [0.29, 0.717) is 12.7 Å². The summed E-state index contributed by atoms with van der Waals surface area (Å²) in [6.07, 6.45) is 2.64. The van der Waals surface area contributed by atoms with Gasteiger partial charge in [0.2, 0.25) is 0 Å². The van der Waals surface area contributed by atoms with Crippen LogP contribution in [0.25, 0.3) is 0 Å². The fourth-order valence-corrected chi connectivity index (χ4v) is 2.06. The first kappa shape index (κ1) is 12.3. The van der Waals surface area contributed by atoms with Crippen molar-refractivity contribution in [2.45, 2.75) is 32.5 Å². The molecule has 4 heteroatoms. The minimum Gasteiger partial charge on any atom is -0.497 e. The number of rotatable bonds is 4. The van der Waals surface area contributed by atoms with Gasteiger partial charge in [0.1, 0.15) is 5.75 Å². The van der Waals surface area contributed by atoms with Gasteiger partial charge in [0, 0.05) is 24.4 Å². The highest BCUT2D eigenvalue weighted by molar-refractivity contribution is 5.26. The largest absolute Gasteiger partial charge is 0.497 e. The Labute approximate surface area is 102 Å². The molecule has 1 aliphatic heterocycles. The summed E-state index contributed by atoms with van der Waals surface area (Å²) in [5, 5.41) is 3.33. The monoisotopic (exact) mass is 236 g/mol. The lowest BCUT2D eigenvalue weighted by atomic mass is 10.1. The maximum Gasteiger partial charge on any atom is 0.122 e. The molecule has 2 rings (SSSR count). The van der Waals surface area contributed by atoms with Gasteiger partial charge in [0.05, 0.1) is 25.5 Å². The van der Waals surface area contributed by atoms with Crippen molar-refractivity contribution in [2.75, 3.05) is 20.2 Å². The van der Waals surface area contributed by atoms with Gasteiger partial charge >= 0.3 is 0 Å². The molecule has 0 spiro atoms. The zero-order chi connectivity index (χ0) is 12.1. The Morgan fingerprint density at radius 1 is 1.47 bits per heavy atom. The molecule has 0 aliphatic carbocycles. The molecule has 0 saturated carbocycles. The van der Waals surface area contributed by atoms with Gasteiger partial charge in [0.25, 0.3) is 0 Å². The average Bonchev–Trinajstić information content (AvgIpc) is 2.37. The van der Waals surface area contributed by atoms with Crippen LogP contribution in [0.1, 0.15) is 24.2 Å². The summed E-state index contributed by atoms with van der Waals surface area (Å²) in [7, 11) is 1.67. The molecule has 1 aromatic rings. The Kier molecular flexibility index (Phi) is 4.34. The van der Waals surface area contributed by atoms with E-state index in [4.69, 9.17) is 9.47 Å². The van der Waals surface area contributed by atoms with Crippen molar-refractivity contribution >= 4 is 0 Å². The lowest BCUT2D eigenvalue weighted by molar-refractivity contribution is 0.0235. The first-order chi connectivity index (χ1) is 8.28. The number of methoxy groups -OCH3 is 1. The van der Waals surface area contributed by atoms with Gasteiger partial charge in [0.15, 0.2) is 0 Å². The molecule has 2 heterocycles. The number of piperidine rings is 1. The minimum atomic E-state index is 0.317. The lowest BCUT2D eigenvalue weighted by Crippen LogP contribution is -2.35. The number of ether oxygens (including phenoxy) is 2. The fraction of sp³-hybridized carbons (Fsp3) is 0.615. The quantitative estimate of drug-likeness (QED) is 0.863. The maximum atomic E-state index is 5.84. The highest BCUT2D eigenvalue weighted by atomic mass is 16.5. The van der Waals surface area contributed by atoms with Gasteiger partial charge in [-0.15, -0.1) is 0 Å². The normalized spacial score (nSPS) is 20.2. The Morgan fingerprint density at radius 2 is 2.35 bits per heavy atom. The summed E-state index contributed by atoms with van der Waals surface area (Å²) in [5.74, 6) is 0.845. The van der Waals surface area contributed by atoms with Crippen molar-refractivity contribution in [3.8, 4) is 5.75 Å². The first-order valence-corrected chi connectivity index (χ1v) is 6.12. The second-order valence-corrected chi connectivity index (χ2v) is 4.42. The van der Waals surface area contributed by atoms with Crippen LogP contribution in [-0.2, 0) is 11.3 Å². The molecular weight excluding hydrogens is 216 g/mol. The molecular formula is C13H20N2O2. The van der Waals surface area contributed by atoms with E-state index in [1.165, 1.54) is 6.42 Å². The molecule has 17 heavy (non-hydrogen) atoms. The second kappa shape index (κ2) is 5.98. The van der Waals surface area contributed by atoms with Crippen molar-refractivity contribution in [3.63, 3.8) is 0 Å². The van der Waals surface area contributed by atoms with Crippen molar-refractivity contribution in [1.29, 1.82) is 0 Å². The van der Waals surface area contributed by atoms with E-state index in [0.717, 1.165) is 36.6 Å². The molecule has 0 amide bonds. The third-order valence-corrected chi connectivity index (χ3v) is 2.93. The van der Waals surface area contributed by atoms with Gasteiger partial charge < -0.3 is 14.8 Å². The summed E-state index contributed by atoms with van der Waals surface area (Å²) < 4.78 is 11.1. The van der Waals surface area contributed by atoms with E-state index in [1.807, 2.05) is 19.1 Å². The minimum absolute atomic E-state index is 0.317. The average molecular weight is 236 g/mol. The van der Waals surface area contributed by atoms with Crippen LogP contribution in [0.15, 0.2) is 12.1 Å². The van der Waals surface area contributed by atoms with Gasteiger partial charge in [-0.1, -0.05) is 0 Å². The summed E-state index contributed by atoms with van der Waals surface area (Å²) in [6.45, 7) is 4.58. The summed E-state index contributed by atoms with van der Waals surface area (Å²) in [4.78, 5) is 4.44. The van der Waals surface area contributed by atoms with Gasteiger partial charge in [-0.05, 0) is 26.3 Å². The topological polar surface area (TPSA) is 43.4 Å². The van der Waals surface area contributed by atoms with E-state index in [2.05, 4.69) is 10.3 Å². The van der Waals surface area contributed by atoms with Crippen LogP contribution in [0.3, 0.4) is 0 Å². The van der Waals surface area contributed by atoms with Crippen LogP contribution >= 0.6 is 0 Å². The number of aromatic nitrogens is 1. The number of hydrogen-bond donors (Lipinski definition) is 1. The van der Waals surface area contributed by atoms with Gasteiger partial charge in [-0.25, -0.2) is 0 Å².